The molecular formula is C18H30ClN3O2. The van der Waals surface area contributed by atoms with Gasteiger partial charge < -0.3 is 15.4 Å². The highest BCUT2D eigenvalue weighted by atomic mass is 35.5. The summed E-state index contributed by atoms with van der Waals surface area (Å²) in [4.78, 5) is 14.2. The molecule has 0 spiro atoms. The molecular weight excluding hydrogens is 326 g/mol. The average Bonchev–Trinajstić information content (AvgIpc) is 2.59. The normalized spacial score (nSPS) is 15.5. The van der Waals surface area contributed by atoms with Crippen molar-refractivity contribution >= 4 is 18.3 Å². The molecule has 5 nitrogen and oxygen atoms in total. The molecule has 24 heavy (non-hydrogen) atoms. The fraction of sp³-hybridized carbons (Fsp3) is 0.611. The lowest BCUT2D eigenvalue weighted by atomic mass is 9.93. The Kier molecular flexibility index (Phi) is 10.5. The first kappa shape index (κ1) is 20.7. The molecule has 136 valence electrons. The van der Waals surface area contributed by atoms with Crippen LogP contribution in [0.4, 0.5) is 0 Å². The van der Waals surface area contributed by atoms with Crippen LogP contribution in [0, 0.1) is 5.92 Å². The summed E-state index contributed by atoms with van der Waals surface area (Å²) in [5, 5.41) is 6.14. The van der Waals surface area contributed by atoms with Gasteiger partial charge in [-0.05, 0) is 64.0 Å². The van der Waals surface area contributed by atoms with Crippen molar-refractivity contribution in [1.82, 2.24) is 15.5 Å². The van der Waals surface area contributed by atoms with E-state index in [0.29, 0.717) is 19.7 Å². The number of hydrogen-bond acceptors (Lipinski definition) is 4. The van der Waals surface area contributed by atoms with Crippen molar-refractivity contribution < 1.29 is 9.53 Å². The maximum atomic E-state index is 12.0. The maximum absolute atomic E-state index is 12.0. The minimum absolute atomic E-state index is 0. The molecule has 1 fully saturated rings. The van der Waals surface area contributed by atoms with Gasteiger partial charge in [0.1, 0.15) is 12.4 Å². The number of nitrogens with zero attached hydrogens (tertiary/aromatic N) is 1. The molecule has 1 aliphatic rings. The molecule has 0 atom stereocenters. The number of nitrogens with one attached hydrogen (secondary N) is 2. The zero-order chi connectivity index (χ0) is 16.3. The Morgan fingerprint density at radius 3 is 2.58 bits per heavy atom. The summed E-state index contributed by atoms with van der Waals surface area (Å²) in [6, 6.07) is 9.67. The zero-order valence-electron chi connectivity index (χ0n) is 14.5. The Hall–Kier alpha value is -1.30. The van der Waals surface area contributed by atoms with Gasteiger partial charge in [-0.2, -0.15) is 0 Å². The highest BCUT2D eigenvalue weighted by Gasteiger charge is 2.20. The van der Waals surface area contributed by atoms with Crippen LogP contribution < -0.4 is 15.4 Å². The van der Waals surface area contributed by atoms with E-state index in [1.807, 2.05) is 37.4 Å². The molecule has 6 heteroatoms. The maximum Gasteiger partial charge on any atom is 0.234 e. The predicted octanol–water partition coefficient (Wildman–Crippen LogP) is 1.92. The van der Waals surface area contributed by atoms with Gasteiger partial charge in [-0.15, -0.1) is 12.4 Å². The molecule has 1 aliphatic heterocycles. The summed E-state index contributed by atoms with van der Waals surface area (Å²) < 4.78 is 5.56. The summed E-state index contributed by atoms with van der Waals surface area (Å²) in [5.74, 6) is 1.74. The molecule has 0 bridgehead atoms. The lowest BCUT2D eigenvalue weighted by molar-refractivity contribution is -0.122. The van der Waals surface area contributed by atoms with Crippen molar-refractivity contribution in [2.75, 3.05) is 46.4 Å². The van der Waals surface area contributed by atoms with Gasteiger partial charge in [-0.1, -0.05) is 18.2 Å². The predicted molar refractivity (Wildman–Crippen MR) is 99.9 cm³/mol. The van der Waals surface area contributed by atoms with E-state index >= 15 is 0 Å². The monoisotopic (exact) mass is 355 g/mol. The smallest absolute Gasteiger partial charge is 0.234 e. The van der Waals surface area contributed by atoms with Crippen molar-refractivity contribution in [3.8, 4) is 5.75 Å². The number of hydrogen-bond donors (Lipinski definition) is 2. The summed E-state index contributed by atoms with van der Waals surface area (Å²) in [6.07, 6.45) is 3.64. The van der Waals surface area contributed by atoms with E-state index in [4.69, 9.17) is 4.74 Å². The van der Waals surface area contributed by atoms with E-state index in [1.165, 1.54) is 19.3 Å². The highest BCUT2D eigenvalue weighted by Crippen LogP contribution is 2.19. The Bertz CT molecular complexity index is 451. The van der Waals surface area contributed by atoms with E-state index in [0.717, 1.165) is 31.3 Å². The second kappa shape index (κ2) is 12.1. The van der Waals surface area contributed by atoms with Crippen molar-refractivity contribution in [1.29, 1.82) is 0 Å². The van der Waals surface area contributed by atoms with Crippen LogP contribution in [-0.2, 0) is 4.79 Å². The molecule has 0 unspecified atom stereocenters. The number of carbonyl (C=O) groups is 1. The number of halogens is 1. The Morgan fingerprint density at radius 1 is 1.21 bits per heavy atom. The van der Waals surface area contributed by atoms with Crippen LogP contribution >= 0.6 is 12.4 Å². The van der Waals surface area contributed by atoms with Crippen LogP contribution in [0.1, 0.15) is 19.3 Å². The summed E-state index contributed by atoms with van der Waals surface area (Å²) in [6.45, 7) is 4.70. The topological polar surface area (TPSA) is 53.6 Å². The SMILES string of the molecule is CNCCC1CCN(CC(=O)NCCOc2ccccc2)CC1.Cl. The highest BCUT2D eigenvalue weighted by molar-refractivity contribution is 5.85. The Labute approximate surface area is 151 Å². The van der Waals surface area contributed by atoms with Crippen molar-refractivity contribution in [2.45, 2.75) is 19.3 Å². The molecule has 1 aromatic carbocycles. The quantitative estimate of drug-likeness (QED) is 0.664. The molecule has 0 radical (unpaired) electrons. The van der Waals surface area contributed by atoms with Gasteiger partial charge in [0.15, 0.2) is 0 Å². The van der Waals surface area contributed by atoms with Crippen LogP contribution in [-0.4, -0.2) is 57.2 Å². The molecule has 2 N–H and O–H groups in total. The Balaban J connectivity index is 0.00000288. The summed E-state index contributed by atoms with van der Waals surface area (Å²) in [5.41, 5.74) is 0. The molecule has 1 aromatic rings. The van der Waals surface area contributed by atoms with Crippen LogP contribution in [0.3, 0.4) is 0 Å². The van der Waals surface area contributed by atoms with E-state index in [9.17, 15) is 4.79 Å². The van der Waals surface area contributed by atoms with Crippen LogP contribution in [0.15, 0.2) is 30.3 Å². The molecule has 1 amide bonds. The van der Waals surface area contributed by atoms with E-state index < -0.39 is 0 Å². The fourth-order valence-corrected chi connectivity index (χ4v) is 2.92. The third-order valence-corrected chi connectivity index (χ3v) is 4.31. The first-order chi connectivity index (χ1) is 11.3. The van der Waals surface area contributed by atoms with Gasteiger partial charge in [0.2, 0.25) is 5.91 Å². The number of benzene rings is 1. The van der Waals surface area contributed by atoms with Crippen LogP contribution in [0.5, 0.6) is 5.75 Å². The minimum Gasteiger partial charge on any atom is -0.492 e. The van der Waals surface area contributed by atoms with Gasteiger partial charge in [-0.25, -0.2) is 0 Å². The van der Waals surface area contributed by atoms with E-state index in [2.05, 4.69) is 15.5 Å². The number of carbonyl (C=O) groups excluding carboxylic acids is 1. The summed E-state index contributed by atoms with van der Waals surface area (Å²) in [7, 11) is 2.00. The number of ether oxygens (including phenoxy) is 1. The fourth-order valence-electron chi connectivity index (χ4n) is 2.92. The molecule has 0 saturated carbocycles. The first-order valence-electron chi connectivity index (χ1n) is 8.59. The van der Waals surface area contributed by atoms with Crippen molar-refractivity contribution in [3.05, 3.63) is 30.3 Å². The molecule has 0 aliphatic carbocycles. The number of piperidine rings is 1. The second-order valence-corrected chi connectivity index (χ2v) is 6.12. The van der Waals surface area contributed by atoms with Gasteiger partial charge in [0.25, 0.3) is 0 Å². The van der Waals surface area contributed by atoms with E-state index in [1.54, 1.807) is 0 Å². The third kappa shape index (κ3) is 7.99. The number of likely N-dealkylation sites (tertiary alicyclic amines) is 1. The lowest BCUT2D eigenvalue weighted by Gasteiger charge is -2.31. The second-order valence-electron chi connectivity index (χ2n) is 6.12. The lowest BCUT2D eigenvalue weighted by Crippen LogP contribution is -2.42. The van der Waals surface area contributed by atoms with Gasteiger partial charge in [0.05, 0.1) is 13.1 Å². The minimum atomic E-state index is 0. The number of amides is 1. The van der Waals surface area contributed by atoms with E-state index in [-0.39, 0.29) is 18.3 Å². The Morgan fingerprint density at radius 2 is 1.92 bits per heavy atom. The largest absolute Gasteiger partial charge is 0.492 e. The third-order valence-electron chi connectivity index (χ3n) is 4.31. The first-order valence-corrected chi connectivity index (χ1v) is 8.59. The number of para-hydroxylation sites is 1. The zero-order valence-corrected chi connectivity index (χ0v) is 15.3. The molecule has 1 heterocycles. The molecule has 1 saturated heterocycles. The summed E-state index contributed by atoms with van der Waals surface area (Å²) >= 11 is 0. The van der Waals surface area contributed by atoms with Crippen molar-refractivity contribution in [2.24, 2.45) is 5.92 Å². The standard InChI is InChI=1S/C18H29N3O2.ClH/c1-19-10-7-16-8-12-21(13-9-16)15-18(22)20-11-14-23-17-5-3-2-4-6-17;/h2-6,16,19H,7-15H2,1H3,(H,20,22);1H. The van der Waals surface area contributed by atoms with Gasteiger partial charge in [0, 0.05) is 0 Å². The number of rotatable bonds is 9. The van der Waals surface area contributed by atoms with Gasteiger partial charge in [-0.3, -0.25) is 9.69 Å². The molecule has 2 rings (SSSR count). The average molecular weight is 356 g/mol. The van der Waals surface area contributed by atoms with Crippen molar-refractivity contribution in [3.63, 3.8) is 0 Å². The van der Waals surface area contributed by atoms with Crippen LogP contribution in [0.25, 0.3) is 0 Å². The van der Waals surface area contributed by atoms with Crippen LogP contribution in [0.2, 0.25) is 0 Å². The molecule has 0 aromatic heterocycles. The van der Waals surface area contributed by atoms with Gasteiger partial charge >= 0.3 is 0 Å².